The molecule has 0 aliphatic heterocycles. The van der Waals surface area contributed by atoms with Crippen LogP contribution in [0, 0.1) is 0 Å². The predicted molar refractivity (Wildman–Crippen MR) is 102 cm³/mol. The van der Waals surface area contributed by atoms with E-state index in [9.17, 15) is 4.79 Å². The van der Waals surface area contributed by atoms with Gasteiger partial charge in [0.25, 0.3) is 5.91 Å². The number of benzene rings is 2. The third kappa shape index (κ3) is 4.84. The van der Waals surface area contributed by atoms with Gasteiger partial charge in [-0.15, -0.1) is 10.2 Å². The first kappa shape index (κ1) is 18.0. The second-order valence-corrected chi connectivity index (χ2v) is 5.99. The second kappa shape index (κ2) is 8.51. The number of hydrogen-bond donors (Lipinski definition) is 2. The van der Waals surface area contributed by atoms with Crippen LogP contribution >= 0.6 is 23.2 Å². The highest BCUT2D eigenvalue weighted by Crippen LogP contribution is 2.31. The fourth-order valence-corrected chi connectivity index (χ4v) is 2.55. The van der Waals surface area contributed by atoms with Crippen LogP contribution in [0.15, 0.2) is 60.7 Å². The SMILES string of the molecule is O=C(COc1ccccc1)Nc1ccc(Nc2c(Cl)cccc2Cl)nn1. The number of carbonyl (C=O) groups is 1. The van der Waals surface area contributed by atoms with Crippen molar-refractivity contribution in [2.45, 2.75) is 0 Å². The maximum Gasteiger partial charge on any atom is 0.263 e. The monoisotopic (exact) mass is 388 g/mol. The Bertz CT molecular complexity index is 869. The molecule has 8 heteroatoms. The Morgan fingerprint density at radius 1 is 0.885 bits per heavy atom. The average molecular weight is 389 g/mol. The molecule has 0 radical (unpaired) electrons. The van der Waals surface area contributed by atoms with E-state index in [0.717, 1.165) is 0 Å². The number of nitrogens with one attached hydrogen (secondary N) is 2. The van der Waals surface area contributed by atoms with Crippen molar-refractivity contribution in [2.24, 2.45) is 0 Å². The summed E-state index contributed by atoms with van der Waals surface area (Å²) in [5, 5.41) is 14.5. The van der Waals surface area contributed by atoms with Gasteiger partial charge in [0.05, 0.1) is 15.7 Å². The highest BCUT2D eigenvalue weighted by molar-refractivity contribution is 6.39. The van der Waals surface area contributed by atoms with Gasteiger partial charge in [0.1, 0.15) is 5.75 Å². The number of hydrogen-bond acceptors (Lipinski definition) is 5. The van der Waals surface area contributed by atoms with Gasteiger partial charge in [0.2, 0.25) is 0 Å². The normalized spacial score (nSPS) is 10.2. The summed E-state index contributed by atoms with van der Waals surface area (Å²) in [7, 11) is 0. The van der Waals surface area contributed by atoms with E-state index in [1.54, 1.807) is 42.5 Å². The largest absolute Gasteiger partial charge is 0.484 e. The number of anilines is 3. The number of para-hydroxylation sites is 2. The molecule has 0 bridgehead atoms. The van der Waals surface area contributed by atoms with Gasteiger partial charge in [-0.05, 0) is 36.4 Å². The molecular weight excluding hydrogens is 375 g/mol. The highest BCUT2D eigenvalue weighted by atomic mass is 35.5. The van der Waals surface area contributed by atoms with Crippen LogP contribution in [0.1, 0.15) is 0 Å². The predicted octanol–water partition coefficient (Wildman–Crippen LogP) is 4.54. The van der Waals surface area contributed by atoms with Gasteiger partial charge in [-0.3, -0.25) is 4.79 Å². The fraction of sp³-hybridized carbons (Fsp3) is 0.0556. The molecule has 0 spiro atoms. The zero-order chi connectivity index (χ0) is 18.4. The molecule has 0 saturated carbocycles. The van der Waals surface area contributed by atoms with Gasteiger partial charge in [-0.2, -0.15) is 0 Å². The van der Waals surface area contributed by atoms with Crippen LogP contribution in [-0.4, -0.2) is 22.7 Å². The van der Waals surface area contributed by atoms with E-state index in [4.69, 9.17) is 27.9 Å². The second-order valence-electron chi connectivity index (χ2n) is 5.18. The lowest BCUT2D eigenvalue weighted by atomic mass is 10.3. The topological polar surface area (TPSA) is 76.1 Å². The molecular formula is C18H14Cl2N4O2. The summed E-state index contributed by atoms with van der Waals surface area (Å²) < 4.78 is 5.37. The standard InChI is InChI=1S/C18H14Cl2N4O2/c19-13-7-4-8-14(20)18(13)22-16-10-9-15(23-24-16)21-17(25)11-26-12-5-2-1-3-6-12/h1-10H,11H2,(H,22,24)(H,21,23,25). The molecule has 1 heterocycles. The molecule has 1 aromatic heterocycles. The van der Waals surface area contributed by atoms with Crippen LogP contribution in [0.5, 0.6) is 5.75 Å². The van der Waals surface area contributed by atoms with Crippen molar-refractivity contribution < 1.29 is 9.53 Å². The van der Waals surface area contributed by atoms with E-state index < -0.39 is 0 Å². The van der Waals surface area contributed by atoms with E-state index in [2.05, 4.69) is 20.8 Å². The van der Waals surface area contributed by atoms with Crippen molar-refractivity contribution in [3.63, 3.8) is 0 Å². The first-order chi connectivity index (χ1) is 12.6. The minimum absolute atomic E-state index is 0.124. The van der Waals surface area contributed by atoms with E-state index >= 15 is 0 Å². The Morgan fingerprint density at radius 2 is 1.54 bits per heavy atom. The smallest absolute Gasteiger partial charge is 0.263 e. The summed E-state index contributed by atoms with van der Waals surface area (Å²) in [5.41, 5.74) is 0.540. The summed E-state index contributed by atoms with van der Waals surface area (Å²) in [4.78, 5) is 11.9. The van der Waals surface area contributed by atoms with E-state index in [0.29, 0.717) is 33.1 Å². The number of ether oxygens (including phenoxy) is 1. The van der Waals surface area contributed by atoms with Crippen molar-refractivity contribution in [1.29, 1.82) is 0 Å². The van der Waals surface area contributed by atoms with Gasteiger partial charge in [0.15, 0.2) is 18.2 Å². The third-order valence-electron chi connectivity index (χ3n) is 3.26. The third-order valence-corrected chi connectivity index (χ3v) is 3.89. The summed E-state index contributed by atoms with van der Waals surface area (Å²) in [6.07, 6.45) is 0. The lowest BCUT2D eigenvalue weighted by molar-refractivity contribution is -0.118. The zero-order valence-electron chi connectivity index (χ0n) is 13.4. The van der Waals surface area contributed by atoms with Gasteiger partial charge in [-0.1, -0.05) is 47.5 Å². The number of nitrogens with zero attached hydrogens (tertiary/aromatic N) is 2. The van der Waals surface area contributed by atoms with Gasteiger partial charge in [0, 0.05) is 0 Å². The van der Waals surface area contributed by atoms with Crippen LogP contribution in [0.25, 0.3) is 0 Å². The number of amides is 1. The number of aromatic nitrogens is 2. The van der Waals surface area contributed by atoms with Gasteiger partial charge in [-0.25, -0.2) is 0 Å². The Morgan fingerprint density at radius 3 is 2.19 bits per heavy atom. The summed E-state index contributed by atoms with van der Waals surface area (Å²) in [6, 6.07) is 17.5. The Hall–Kier alpha value is -2.83. The summed E-state index contributed by atoms with van der Waals surface area (Å²) >= 11 is 12.2. The maximum absolute atomic E-state index is 11.9. The maximum atomic E-state index is 11.9. The number of rotatable bonds is 6. The molecule has 1 amide bonds. The molecule has 2 N–H and O–H groups in total. The molecule has 2 aromatic carbocycles. The van der Waals surface area contributed by atoms with Gasteiger partial charge < -0.3 is 15.4 Å². The average Bonchev–Trinajstić information content (AvgIpc) is 2.65. The van der Waals surface area contributed by atoms with Crippen molar-refractivity contribution in [1.82, 2.24) is 10.2 Å². The lowest BCUT2D eigenvalue weighted by Gasteiger charge is -2.10. The number of carbonyl (C=O) groups excluding carboxylic acids is 1. The van der Waals surface area contributed by atoms with Crippen molar-refractivity contribution in [2.75, 3.05) is 17.2 Å². The molecule has 0 aliphatic carbocycles. The first-order valence-corrected chi connectivity index (χ1v) is 8.40. The van der Waals surface area contributed by atoms with Crippen molar-refractivity contribution in [3.8, 4) is 5.75 Å². The van der Waals surface area contributed by atoms with Crippen molar-refractivity contribution >= 4 is 46.4 Å². The molecule has 132 valence electrons. The molecule has 0 unspecified atom stereocenters. The lowest BCUT2D eigenvalue weighted by Crippen LogP contribution is -2.21. The van der Waals surface area contributed by atoms with Crippen LogP contribution < -0.4 is 15.4 Å². The molecule has 0 atom stereocenters. The highest BCUT2D eigenvalue weighted by Gasteiger charge is 2.08. The van der Waals surface area contributed by atoms with E-state index in [-0.39, 0.29) is 12.5 Å². The minimum atomic E-state index is -0.335. The first-order valence-electron chi connectivity index (χ1n) is 7.64. The molecule has 0 saturated heterocycles. The van der Waals surface area contributed by atoms with Crippen LogP contribution in [0.2, 0.25) is 10.0 Å². The molecule has 0 aliphatic rings. The molecule has 0 fully saturated rings. The summed E-state index contributed by atoms with van der Waals surface area (Å²) in [6.45, 7) is -0.124. The van der Waals surface area contributed by atoms with Crippen LogP contribution in [-0.2, 0) is 4.79 Å². The fourth-order valence-electron chi connectivity index (χ4n) is 2.06. The minimum Gasteiger partial charge on any atom is -0.484 e. The number of halogens is 2. The van der Waals surface area contributed by atoms with Crippen molar-refractivity contribution in [3.05, 3.63) is 70.7 Å². The Balaban J connectivity index is 1.56. The Labute approximate surface area is 160 Å². The molecule has 3 rings (SSSR count). The zero-order valence-corrected chi connectivity index (χ0v) is 15.0. The van der Waals surface area contributed by atoms with Crippen LogP contribution in [0.4, 0.5) is 17.3 Å². The molecule has 26 heavy (non-hydrogen) atoms. The quantitative estimate of drug-likeness (QED) is 0.647. The Kier molecular flexibility index (Phi) is 5.88. The van der Waals surface area contributed by atoms with E-state index in [1.165, 1.54) is 0 Å². The van der Waals surface area contributed by atoms with Crippen LogP contribution in [0.3, 0.4) is 0 Å². The van der Waals surface area contributed by atoms with E-state index in [1.807, 2.05) is 18.2 Å². The molecule has 6 nitrogen and oxygen atoms in total. The van der Waals surface area contributed by atoms with Gasteiger partial charge >= 0.3 is 0 Å². The molecule has 3 aromatic rings. The summed E-state index contributed by atoms with van der Waals surface area (Å²) in [5.74, 6) is 1.03.